The Bertz CT molecular complexity index is 507. The summed E-state index contributed by atoms with van der Waals surface area (Å²) in [5.74, 6) is 0.846. The topological polar surface area (TPSA) is 58.6 Å². The van der Waals surface area contributed by atoms with Crippen molar-refractivity contribution in [2.75, 3.05) is 25.0 Å². The van der Waals surface area contributed by atoms with Crippen molar-refractivity contribution >= 4 is 27.8 Å². The number of nitrogens with zero attached hydrogens (tertiary/aromatic N) is 4. The molecule has 0 N–H and O–H groups in total. The number of likely N-dealkylation sites (tertiary alicyclic amines) is 1. The summed E-state index contributed by atoms with van der Waals surface area (Å²) in [4.78, 5) is 24.5. The fourth-order valence-electron chi connectivity index (χ4n) is 2.44. The van der Waals surface area contributed by atoms with Crippen LogP contribution in [0, 0.1) is 0 Å². The van der Waals surface area contributed by atoms with Crippen LogP contribution in [0.4, 0.5) is 10.6 Å². The minimum absolute atomic E-state index is 0.225. The molecule has 2 heterocycles. The van der Waals surface area contributed by atoms with E-state index in [1.54, 1.807) is 17.3 Å². The molecule has 0 aromatic carbocycles. The quantitative estimate of drug-likeness (QED) is 0.800. The van der Waals surface area contributed by atoms with E-state index in [2.05, 4.69) is 30.8 Å². The largest absolute Gasteiger partial charge is 0.444 e. The average Bonchev–Trinajstić information content (AvgIpc) is 2.46. The van der Waals surface area contributed by atoms with Gasteiger partial charge in [0.15, 0.2) is 0 Å². The lowest BCUT2D eigenvalue weighted by atomic mass is 10.0. The molecular weight excluding hydrogens is 348 g/mol. The minimum atomic E-state index is -0.447. The van der Waals surface area contributed by atoms with Gasteiger partial charge in [-0.05, 0) is 49.5 Å². The number of hydrogen-bond donors (Lipinski definition) is 0. The highest BCUT2D eigenvalue weighted by molar-refractivity contribution is 9.10. The molecule has 6 nitrogen and oxygen atoms in total. The normalized spacial score (nSPS) is 16.5. The van der Waals surface area contributed by atoms with Gasteiger partial charge in [-0.2, -0.15) is 0 Å². The molecule has 2 rings (SSSR count). The van der Waals surface area contributed by atoms with Crippen LogP contribution in [0.5, 0.6) is 0 Å². The van der Waals surface area contributed by atoms with Crippen molar-refractivity contribution in [3.05, 3.63) is 17.0 Å². The first-order valence-corrected chi connectivity index (χ1v) is 8.24. The fraction of sp³-hybridized carbons (Fsp3) is 0.667. The summed E-state index contributed by atoms with van der Waals surface area (Å²) in [5, 5.41) is 0. The Labute approximate surface area is 140 Å². The Hall–Kier alpha value is -1.37. The first-order valence-electron chi connectivity index (χ1n) is 7.44. The molecule has 122 valence electrons. The van der Waals surface area contributed by atoms with Crippen LogP contribution >= 0.6 is 15.9 Å². The van der Waals surface area contributed by atoms with Crippen LogP contribution in [0.3, 0.4) is 0 Å². The summed E-state index contributed by atoms with van der Waals surface area (Å²) in [7, 11) is 2.02. The van der Waals surface area contributed by atoms with E-state index in [0.29, 0.717) is 19.1 Å². The molecule has 0 spiro atoms. The number of carbonyl (C=O) groups excluding carboxylic acids is 1. The monoisotopic (exact) mass is 370 g/mol. The van der Waals surface area contributed by atoms with E-state index in [1.807, 2.05) is 27.8 Å². The van der Waals surface area contributed by atoms with Crippen LogP contribution in [0.1, 0.15) is 33.6 Å². The van der Waals surface area contributed by atoms with Gasteiger partial charge < -0.3 is 14.5 Å². The van der Waals surface area contributed by atoms with Gasteiger partial charge in [0, 0.05) is 26.2 Å². The highest BCUT2D eigenvalue weighted by Crippen LogP contribution is 2.22. The maximum Gasteiger partial charge on any atom is 0.410 e. The van der Waals surface area contributed by atoms with Gasteiger partial charge in [0.25, 0.3) is 0 Å². The lowest BCUT2D eigenvalue weighted by Gasteiger charge is -2.37. The maximum atomic E-state index is 12.1. The van der Waals surface area contributed by atoms with E-state index in [4.69, 9.17) is 4.74 Å². The number of aromatic nitrogens is 2. The van der Waals surface area contributed by atoms with Gasteiger partial charge in [-0.25, -0.2) is 14.8 Å². The highest BCUT2D eigenvalue weighted by atomic mass is 79.9. The van der Waals surface area contributed by atoms with Gasteiger partial charge in [-0.3, -0.25) is 0 Å². The van der Waals surface area contributed by atoms with Crippen LogP contribution in [0.15, 0.2) is 17.0 Å². The van der Waals surface area contributed by atoms with Crippen molar-refractivity contribution in [1.82, 2.24) is 14.9 Å². The van der Waals surface area contributed by atoms with Crippen molar-refractivity contribution in [2.45, 2.75) is 45.3 Å². The molecule has 1 aromatic heterocycles. The number of amides is 1. The Balaban J connectivity index is 1.89. The Kier molecular flexibility index (Phi) is 5.26. The van der Waals surface area contributed by atoms with Gasteiger partial charge in [-0.15, -0.1) is 0 Å². The summed E-state index contributed by atoms with van der Waals surface area (Å²) in [6.07, 6.45) is 5.02. The van der Waals surface area contributed by atoms with Crippen molar-refractivity contribution in [3.63, 3.8) is 0 Å². The first kappa shape index (κ1) is 17.0. The van der Waals surface area contributed by atoms with E-state index >= 15 is 0 Å². The van der Waals surface area contributed by atoms with Gasteiger partial charge in [0.05, 0.1) is 12.4 Å². The third kappa shape index (κ3) is 4.56. The van der Waals surface area contributed by atoms with Gasteiger partial charge in [-0.1, -0.05) is 0 Å². The lowest BCUT2D eigenvalue weighted by molar-refractivity contribution is 0.0205. The van der Waals surface area contributed by atoms with Crippen molar-refractivity contribution < 1.29 is 9.53 Å². The number of piperidine rings is 1. The molecule has 1 aliphatic rings. The van der Waals surface area contributed by atoms with Crippen LogP contribution in [0.2, 0.25) is 0 Å². The molecule has 1 fully saturated rings. The number of rotatable bonds is 2. The van der Waals surface area contributed by atoms with E-state index in [0.717, 1.165) is 23.3 Å². The second kappa shape index (κ2) is 6.81. The molecular formula is C15H23BrN4O2. The molecule has 0 aliphatic carbocycles. The standard InChI is InChI=1S/C15H23BrN4O2/c1-15(2,3)22-14(21)20-7-5-11(6-8-20)19(4)13-10-17-12(16)9-18-13/h9-11H,5-8H2,1-4H3. The molecule has 1 aliphatic heterocycles. The lowest BCUT2D eigenvalue weighted by Crippen LogP contribution is -2.47. The molecule has 22 heavy (non-hydrogen) atoms. The zero-order valence-corrected chi connectivity index (χ0v) is 15.1. The minimum Gasteiger partial charge on any atom is -0.444 e. The predicted octanol–water partition coefficient (Wildman–Crippen LogP) is 3.07. The summed E-state index contributed by atoms with van der Waals surface area (Å²) in [6.45, 7) is 7.06. The third-order valence-corrected chi connectivity index (χ3v) is 4.04. The smallest absolute Gasteiger partial charge is 0.410 e. The Morgan fingerprint density at radius 3 is 2.45 bits per heavy atom. The highest BCUT2D eigenvalue weighted by Gasteiger charge is 2.28. The summed E-state index contributed by atoms with van der Waals surface area (Å²) in [6, 6.07) is 0.356. The zero-order chi connectivity index (χ0) is 16.3. The molecule has 1 amide bonds. The number of anilines is 1. The molecule has 1 aromatic rings. The van der Waals surface area contributed by atoms with Crippen molar-refractivity contribution in [2.24, 2.45) is 0 Å². The molecule has 0 unspecified atom stereocenters. The van der Waals surface area contributed by atoms with Crippen LogP contribution in [0.25, 0.3) is 0 Å². The molecule has 0 radical (unpaired) electrons. The van der Waals surface area contributed by atoms with Crippen LogP contribution in [-0.2, 0) is 4.74 Å². The van der Waals surface area contributed by atoms with E-state index in [-0.39, 0.29) is 6.09 Å². The van der Waals surface area contributed by atoms with Crippen LogP contribution in [-0.4, -0.2) is 52.7 Å². The Morgan fingerprint density at radius 2 is 1.95 bits per heavy atom. The second-order valence-corrected chi connectivity index (χ2v) is 7.32. The first-order chi connectivity index (χ1) is 10.3. The zero-order valence-electron chi connectivity index (χ0n) is 13.5. The van der Waals surface area contributed by atoms with Gasteiger partial charge in [0.2, 0.25) is 0 Å². The van der Waals surface area contributed by atoms with Gasteiger partial charge in [0.1, 0.15) is 16.0 Å². The maximum absolute atomic E-state index is 12.1. The molecule has 0 atom stereocenters. The predicted molar refractivity (Wildman–Crippen MR) is 89.0 cm³/mol. The number of halogens is 1. The summed E-state index contributed by atoms with van der Waals surface area (Å²) in [5.41, 5.74) is -0.447. The number of hydrogen-bond acceptors (Lipinski definition) is 5. The van der Waals surface area contributed by atoms with E-state index in [1.165, 1.54) is 0 Å². The second-order valence-electron chi connectivity index (χ2n) is 6.51. The molecule has 7 heteroatoms. The summed E-state index contributed by atoms with van der Waals surface area (Å²) >= 11 is 3.29. The van der Waals surface area contributed by atoms with Crippen molar-refractivity contribution in [3.8, 4) is 0 Å². The molecule has 0 saturated carbocycles. The molecule has 1 saturated heterocycles. The SMILES string of the molecule is CN(c1cnc(Br)cn1)C1CCN(C(=O)OC(C)(C)C)CC1. The fourth-order valence-corrected chi connectivity index (χ4v) is 2.64. The number of ether oxygens (including phenoxy) is 1. The summed E-state index contributed by atoms with van der Waals surface area (Å²) < 4.78 is 6.14. The number of carbonyl (C=O) groups is 1. The van der Waals surface area contributed by atoms with Crippen molar-refractivity contribution in [1.29, 1.82) is 0 Å². The van der Waals surface area contributed by atoms with Gasteiger partial charge >= 0.3 is 6.09 Å². The van der Waals surface area contributed by atoms with Crippen LogP contribution < -0.4 is 4.90 Å². The van der Waals surface area contributed by atoms with E-state index in [9.17, 15) is 4.79 Å². The third-order valence-electron chi connectivity index (χ3n) is 3.63. The Morgan fingerprint density at radius 1 is 1.32 bits per heavy atom. The average molecular weight is 371 g/mol. The van der Waals surface area contributed by atoms with E-state index < -0.39 is 5.60 Å². The molecule has 0 bridgehead atoms.